The van der Waals surface area contributed by atoms with Crippen LogP contribution in [0.5, 0.6) is 0 Å². The van der Waals surface area contributed by atoms with Crippen molar-refractivity contribution in [3.8, 4) is 0 Å². The van der Waals surface area contributed by atoms with Crippen molar-refractivity contribution in [1.82, 2.24) is 4.72 Å². The van der Waals surface area contributed by atoms with Crippen molar-refractivity contribution in [2.75, 3.05) is 6.54 Å². The molecule has 0 radical (unpaired) electrons. The lowest BCUT2D eigenvalue weighted by Gasteiger charge is -2.29. The maximum Gasteiger partial charge on any atom is 0.0192 e. The van der Waals surface area contributed by atoms with Crippen molar-refractivity contribution >= 4 is 11.3 Å². The van der Waals surface area contributed by atoms with Crippen molar-refractivity contribution in [1.29, 1.82) is 0 Å². The molecule has 0 saturated heterocycles. The lowest BCUT2D eigenvalue weighted by molar-refractivity contribution is 0.316. The zero-order valence-corrected chi connectivity index (χ0v) is 8.73. The molecule has 13 heavy (non-hydrogen) atoms. The van der Waals surface area contributed by atoms with Gasteiger partial charge in [0.15, 0.2) is 0 Å². The van der Waals surface area contributed by atoms with E-state index in [1.54, 1.807) is 0 Å². The second-order valence-electron chi connectivity index (χ2n) is 3.91. The Morgan fingerprint density at radius 1 is 1.77 bits per heavy atom. The molecule has 0 aromatic rings. The summed E-state index contributed by atoms with van der Waals surface area (Å²) < 4.78 is 22.8. The third kappa shape index (κ3) is 3.02. The molecule has 3 unspecified atom stereocenters. The largest absolute Gasteiger partial charge is 0.760 e. The maximum absolute atomic E-state index is 10.2. The minimum atomic E-state index is -2.15. The lowest BCUT2D eigenvalue weighted by atomic mass is 9.86. The van der Waals surface area contributed by atoms with Crippen LogP contribution in [0.15, 0.2) is 0 Å². The molecule has 0 heterocycles. The smallest absolute Gasteiger partial charge is 0.0192 e. The molecule has 0 aliphatic heterocycles. The van der Waals surface area contributed by atoms with Crippen LogP contribution in [0.1, 0.15) is 32.6 Å². The Balaban J connectivity index is 2.30. The van der Waals surface area contributed by atoms with E-state index in [0.29, 0.717) is 12.5 Å². The van der Waals surface area contributed by atoms with Gasteiger partial charge in [0.2, 0.25) is 0 Å². The van der Waals surface area contributed by atoms with Crippen LogP contribution in [0.4, 0.5) is 0 Å². The molecule has 0 spiro atoms. The van der Waals surface area contributed by atoms with Gasteiger partial charge in [-0.3, -0.25) is 4.21 Å². The SMILES string of the molecule is CC1CCCC1(N)CCNS(=O)[O-]. The summed E-state index contributed by atoms with van der Waals surface area (Å²) in [6.07, 6.45) is 4.08. The number of nitrogens with two attached hydrogens (primary N) is 1. The molecule has 0 aromatic carbocycles. The highest BCUT2D eigenvalue weighted by atomic mass is 32.2. The van der Waals surface area contributed by atoms with E-state index in [0.717, 1.165) is 25.7 Å². The predicted molar refractivity (Wildman–Crippen MR) is 51.5 cm³/mol. The lowest BCUT2D eigenvalue weighted by Crippen LogP contribution is -2.44. The first-order valence-corrected chi connectivity index (χ1v) is 5.74. The molecule has 1 aliphatic carbocycles. The first-order chi connectivity index (χ1) is 6.04. The summed E-state index contributed by atoms with van der Waals surface area (Å²) >= 11 is -2.15. The molecule has 3 N–H and O–H groups in total. The Bertz CT molecular complexity index is 201. The molecule has 4 nitrogen and oxygen atoms in total. The van der Waals surface area contributed by atoms with E-state index >= 15 is 0 Å². The topological polar surface area (TPSA) is 78.2 Å². The van der Waals surface area contributed by atoms with E-state index in [1.165, 1.54) is 0 Å². The Morgan fingerprint density at radius 3 is 2.92 bits per heavy atom. The van der Waals surface area contributed by atoms with Crippen LogP contribution in [-0.2, 0) is 11.3 Å². The first kappa shape index (κ1) is 11.1. The van der Waals surface area contributed by atoms with Gasteiger partial charge >= 0.3 is 0 Å². The highest BCUT2D eigenvalue weighted by Crippen LogP contribution is 2.35. The van der Waals surface area contributed by atoms with E-state index in [2.05, 4.69) is 11.6 Å². The van der Waals surface area contributed by atoms with Crippen molar-refractivity contribution in [3.05, 3.63) is 0 Å². The molecule has 1 fully saturated rings. The van der Waals surface area contributed by atoms with Gasteiger partial charge in [0, 0.05) is 23.4 Å². The zero-order chi connectivity index (χ0) is 9.90. The van der Waals surface area contributed by atoms with E-state index in [9.17, 15) is 8.76 Å². The van der Waals surface area contributed by atoms with E-state index in [-0.39, 0.29) is 5.54 Å². The van der Waals surface area contributed by atoms with Crippen LogP contribution in [0.3, 0.4) is 0 Å². The summed E-state index contributed by atoms with van der Waals surface area (Å²) in [4.78, 5) is 0. The minimum absolute atomic E-state index is 0.146. The van der Waals surface area contributed by atoms with Crippen LogP contribution in [0.25, 0.3) is 0 Å². The van der Waals surface area contributed by atoms with Gasteiger partial charge in [0.05, 0.1) is 0 Å². The van der Waals surface area contributed by atoms with Gasteiger partial charge in [-0.05, 0) is 25.2 Å². The number of hydrogen-bond donors (Lipinski definition) is 2. The van der Waals surface area contributed by atoms with Gasteiger partial charge in [-0.1, -0.05) is 13.3 Å². The monoisotopic (exact) mass is 205 g/mol. The number of hydrogen-bond acceptors (Lipinski definition) is 3. The maximum atomic E-state index is 10.2. The van der Waals surface area contributed by atoms with Crippen molar-refractivity contribution in [2.45, 2.75) is 38.1 Å². The quantitative estimate of drug-likeness (QED) is 0.647. The molecule has 3 atom stereocenters. The second kappa shape index (κ2) is 4.50. The highest BCUT2D eigenvalue weighted by molar-refractivity contribution is 7.77. The Hall–Kier alpha value is 0.0300. The van der Waals surface area contributed by atoms with Crippen LogP contribution in [0, 0.1) is 5.92 Å². The number of nitrogens with one attached hydrogen (secondary N) is 1. The average molecular weight is 205 g/mol. The van der Waals surface area contributed by atoms with E-state index in [4.69, 9.17) is 5.73 Å². The highest BCUT2D eigenvalue weighted by Gasteiger charge is 2.35. The fraction of sp³-hybridized carbons (Fsp3) is 1.00. The van der Waals surface area contributed by atoms with Gasteiger partial charge in [-0.15, -0.1) is 0 Å². The van der Waals surface area contributed by atoms with E-state index in [1.807, 2.05) is 0 Å². The minimum Gasteiger partial charge on any atom is -0.760 e. The molecule has 78 valence electrons. The molecule has 0 aromatic heterocycles. The standard InChI is InChI=1S/C8H18N2O2S/c1-7-3-2-4-8(7,9)5-6-10-13(11)12/h7,10H,2-6,9H2,1H3,(H,11,12)/p-1. The van der Waals surface area contributed by atoms with Crippen LogP contribution in [-0.4, -0.2) is 20.8 Å². The van der Waals surface area contributed by atoms with Crippen LogP contribution in [0.2, 0.25) is 0 Å². The van der Waals surface area contributed by atoms with Gasteiger partial charge in [0.1, 0.15) is 0 Å². The Labute approximate surface area is 81.7 Å². The molecule has 1 rings (SSSR count). The van der Waals surface area contributed by atoms with Gasteiger partial charge in [0.25, 0.3) is 0 Å². The fourth-order valence-corrected chi connectivity index (χ4v) is 2.28. The van der Waals surface area contributed by atoms with E-state index < -0.39 is 11.3 Å². The Kier molecular flexibility index (Phi) is 3.85. The molecule has 5 heteroatoms. The van der Waals surface area contributed by atoms with Crippen molar-refractivity contribution < 1.29 is 8.76 Å². The predicted octanol–water partition coefficient (Wildman–Crippen LogP) is 0.278. The summed E-state index contributed by atoms with van der Waals surface area (Å²) in [5, 5.41) is 0. The zero-order valence-electron chi connectivity index (χ0n) is 7.91. The summed E-state index contributed by atoms with van der Waals surface area (Å²) in [6.45, 7) is 2.60. The van der Waals surface area contributed by atoms with Crippen LogP contribution < -0.4 is 10.5 Å². The van der Waals surface area contributed by atoms with Crippen LogP contribution >= 0.6 is 0 Å². The second-order valence-corrected chi connectivity index (χ2v) is 4.66. The molecular formula is C8H17N2O2S-. The van der Waals surface area contributed by atoms with Crippen molar-refractivity contribution in [3.63, 3.8) is 0 Å². The van der Waals surface area contributed by atoms with Gasteiger partial charge in [-0.2, -0.15) is 0 Å². The Morgan fingerprint density at radius 2 is 2.46 bits per heavy atom. The molecule has 0 bridgehead atoms. The van der Waals surface area contributed by atoms with Gasteiger partial charge < -0.3 is 10.3 Å². The molecule has 0 amide bonds. The summed E-state index contributed by atoms with van der Waals surface area (Å²) in [5.41, 5.74) is 6.00. The normalized spacial score (nSPS) is 36.4. The molecule has 1 aliphatic rings. The van der Waals surface area contributed by atoms with Crippen molar-refractivity contribution in [2.24, 2.45) is 11.7 Å². The summed E-state index contributed by atoms with van der Waals surface area (Å²) in [5.74, 6) is 0.509. The third-order valence-electron chi connectivity index (χ3n) is 3.07. The average Bonchev–Trinajstić information content (AvgIpc) is 2.32. The third-order valence-corrected chi connectivity index (χ3v) is 3.51. The summed E-state index contributed by atoms with van der Waals surface area (Å²) in [6, 6.07) is 0. The first-order valence-electron chi connectivity index (χ1n) is 4.66. The van der Waals surface area contributed by atoms with Gasteiger partial charge in [-0.25, -0.2) is 4.72 Å². The molecular weight excluding hydrogens is 188 g/mol. The summed E-state index contributed by atoms with van der Waals surface area (Å²) in [7, 11) is 0. The molecule has 1 saturated carbocycles. The fourth-order valence-electron chi connectivity index (χ4n) is 2.01. The number of rotatable bonds is 4.